The summed E-state index contributed by atoms with van der Waals surface area (Å²) in [6, 6.07) is 7.66. The molecule has 1 aromatic carbocycles. The first-order valence-corrected chi connectivity index (χ1v) is 8.62. The highest BCUT2D eigenvalue weighted by molar-refractivity contribution is 8.00. The van der Waals surface area contributed by atoms with Gasteiger partial charge >= 0.3 is 0 Å². The number of nitrogens with zero attached hydrogens (tertiary/aromatic N) is 3. The highest BCUT2D eigenvalue weighted by Crippen LogP contribution is 2.31. The maximum absolute atomic E-state index is 12.2. The summed E-state index contributed by atoms with van der Waals surface area (Å²) in [6.45, 7) is 7.75. The average molecular weight is 348 g/mol. The van der Waals surface area contributed by atoms with Crippen LogP contribution in [-0.4, -0.2) is 38.6 Å². The Hall–Kier alpha value is -2.02. The van der Waals surface area contributed by atoms with Crippen LogP contribution in [-0.2, 0) is 11.8 Å². The molecule has 0 unspecified atom stereocenters. The van der Waals surface area contributed by atoms with Gasteiger partial charge in [-0.2, -0.15) is 0 Å². The summed E-state index contributed by atoms with van der Waals surface area (Å²) in [6.07, 6.45) is 0. The van der Waals surface area contributed by atoms with Crippen molar-refractivity contribution in [3.63, 3.8) is 0 Å². The van der Waals surface area contributed by atoms with E-state index in [1.807, 2.05) is 63.6 Å². The smallest absolute Gasteiger partial charge is 0.233 e. The molecule has 0 fully saturated rings. The van der Waals surface area contributed by atoms with Gasteiger partial charge in [0, 0.05) is 12.6 Å². The summed E-state index contributed by atoms with van der Waals surface area (Å²) in [5.41, 5.74) is 0.614. The number of amides is 1. The van der Waals surface area contributed by atoms with Crippen LogP contribution in [0.25, 0.3) is 11.4 Å². The maximum Gasteiger partial charge on any atom is 0.233 e. The Kier molecular flexibility index (Phi) is 5.54. The van der Waals surface area contributed by atoms with Gasteiger partial charge in [0.05, 0.1) is 17.9 Å². The fourth-order valence-corrected chi connectivity index (χ4v) is 2.98. The second-order valence-corrected chi connectivity index (χ2v) is 7.87. The van der Waals surface area contributed by atoms with Gasteiger partial charge in [-0.25, -0.2) is 0 Å². The molecule has 6 nitrogen and oxygen atoms in total. The Morgan fingerprint density at radius 3 is 2.58 bits per heavy atom. The molecule has 0 saturated carbocycles. The number of hydrogen-bond donors (Lipinski definition) is 1. The lowest BCUT2D eigenvalue weighted by atomic mass is 10.1. The van der Waals surface area contributed by atoms with Crippen LogP contribution in [0.1, 0.15) is 27.7 Å². The van der Waals surface area contributed by atoms with Crippen molar-refractivity contribution in [1.82, 2.24) is 20.1 Å². The molecule has 0 spiro atoms. The third-order valence-electron chi connectivity index (χ3n) is 3.33. The lowest BCUT2D eigenvalue weighted by Crippen LogP contribution is -2.44. The number of nitrogens with one attached hydrogen (secondary N) is 1. The summed E-state index contributed by atoms with van der Waals surface area (Å²) in [5.74, 6) is 1.43. The van der Waals surface area contributed by atoms with E-state index in [0.29, 0.717) is 11.0 Å². The van der Waals surface area contributed by atoms with E-state index in [4.69, 9.17) is 4.74 Å². The van der Waals surface area contributed by atoms with E-state index in [2.05, 4.69) is 15.5 Å². The van der Waals surface area contributed by atoms with Crippen molar-refractivity contribution >= 4 is 17.7 Å². The van der Waals surface area contributed by atoms with Crippen molar-refractivity contribution < 1.29 is 9.53 Å². The van der Waals surface area contributed by atoms with E-state index in [1.54, 1.807) is 7.11 Å². The van der Waals surface area contributed by atoms with Crippen LogP contribution in [0.2, 0.25) is 0 Å². The summed E-state index contributed by atoms with van der Waals surface area (Å²) in [5, 5.41) is 11.9. The lowest BCUT2D eigenvalue weighted by Gasteiger charge is -2.22. The molecule has 0 aliphatic rings. The zero-order chi connectivity index (χ0) is 17.9. The first-order chi connectivity index (χ1) is 11.2. The van der Waals surface area contributed by atoms with Crippen LogP contribution in [0, 0.1) is 0 Å². The first-order valence-electron chi connectivity index (χ1n) is 7.74. The molecule has 1 heterocycles. The molecule has 130 valence electrons. The number of thioether (sulfide) groups is 1. The van der Waals surface area contributed by atoms with Crippen LogP contribution in [0.15, 0.2) is 29.4 Å². The molecular weight excluding hydrogens is 324 g/mol. The minimum Gasteiger partial charge on any atom is -0.496 e. The third-order valence-corrected chi connectivity index (χ3v) is 4.47. The molecule has 7 heteroatoms. The minimum absolute atomic E-state index is 0.0191. The Balaban J connectivity index is 2.20. The quantitative estimate of drug-likeness (QED) is 0.842. The topological polar surface area (TPSA) is 69.0 Å². The van der Waals surface area contributed by atoms with E-state index in [-0.39, 0.29) is 16.7 Å². The molecule has 1 amide bonds. The number of carbonyl (C=O) groups excluding carboxylic acids is 1. The van der Waals surface area contributed by atoms with Crippen LogP contribution in [0.3, 0.4) is 0 Å². The number of para-hydroxylation sites is 1. The number of ether oxygens (including phenoxy) is 1. The van der Waals surface area contributed by atoms with E-state index in [1.165, 1.54) is 11.8 Å². The number of rotatable bonds is 5. The number of carbonyl (C=O) groups is 1. The Bertz CT molecular complexity index is 722. The molecule has 1 aromatic heterocycles. The highest BCUT2D eigenvalue weighted by atomic mass is 32.2. The molecular formula is C17H24N4O2S. The Labute approximate surface area is 147 Å². The summed E-state index contributed by atoms with van der Waals surface area (Å²) in [7, 11) is 3.52. The monoisotopic (exact) mass is 348 g/mol. The molecule has 0 aliphatic carbocycles. The van der Waals surface area contributed by atoms with E-state index < -0.39 is 0 Å². The summed E-state index contributed by atoms with van der Waals surface area (Å²) >= 11 is 1.38. The molecule has 0 saturated heterocycles. The molecule has 1 atom stereocenters. The lowest BCUT2D eigenvalue weighted by molar-refractivity contribution is -0.121. The van der Waals surface area contributed by atoms with Gasteiger partial charge in [0.1, 0.15) is 5.75 Å². The summed E-state index contributed by atoms with van der Waals surface area (Å²) < 4.78 is 7.26. The normalized spacial score (nSPS) is 12.8. The number of hydrogen-bond acceptors (Lipinski definition) is 5. The van der Waals surface area contributed by atoms with E-state index in [0.717, 1.165) is 11.3 Å². The molecule has 1 N–H and O–H groups in total. The van der Waals surface area contributed by atoms with Gasteiger partial charge in [-0.15, -0.1) is 10.2 Å². The van der Waals surface area contributed by atoms with Gasteiger partial charge in [0.15, 0.2) is 11.0 Å². The van der Waals surface area contributed by atoms with Gasteiger partial charge in [0.25, 0.3) is 0 Å². The van der Waals surface area contributed by atoms with Gasteiger partial charge in [-0.1, -0.05) is 23.9 Å². The van der Waals surface area contributed by atoms with Crippen LogP contribution >= 0.6 is 11.8 Å². The van der Waals surface area contributed by atoms with Gasteiger partial charge in [0.2, 0.25) is 5.91 Å². The van der Waals surface area contributed by atoms with Crippen molar-refractivity contribution in [3.05, 3.63) is 24.3 Å². The fourth-order valence-electron chi connectivity index (χ4n) is 2.16. The molecule has 0 aliphatic heterocycles. The van der Waals surface area contributed by atoms with Gasteiger partial charge in [-0.05, 0) is 39.8 Å². The van der Waals surface area contributed by atoms with Crippen molar-refractivity contribution in [1.29, 1.82) is 0 Å². The van der Waals surface area contributed by atoms with E-state index in [9.17, 15) is 4.79 Å². The molecule has 24 heavy (non-hydrogen) atoms. The number of aromatic nitrogens is 3. The largest absolute Gasteiger partial charge is 0.496 e. The second-order valence-electron chi connectivity index (χ2n) is 6.56. The number of benzene rings is 1. The van der Waals surface area contributed by atoms with Gasteiger partial charge < -0.3 is 14.6 Å². The minimum atomic E-state index is -0.266. The highest BCUT2D eigenvalue weighted by Gasteiger charge is 2.23. The van der Waals surface area contributed by atoms with Crippen LogP contribution < -0.4 is 10.1 Å². The third kappa shape index (κ3) is 4.29. The zero-order valence-electron chi connectivity index (χ0n) is 15.0. The number of methoxy groups -OCH3 is 1. The predicted octanol–water partition coefficient (Wildman–Crippen LogP) is 2.89. The molecule has 2 rings (SSSR count). The van der Waals surface area contributed by atoms with Gasteiger partial charge in [-0.3, -0.25) is 4.79 Å². The average Bonchev–Trinajstić information content (AvgIpc) is 2.86. The maximum atomic E-state index is 12.2. The van der Waals surface area contributed by atoms with Crippen molar-refractivity contribution in [2.45, 2.75) is 43.6 Å². The SMILES string of the molecule is COc1ccccc1-c1nnc(S[C@@H](C)C(=O)NC(C)(C)C)n1C. The standard InChI is InChI=1S/C17H24N4O2S/c1-11(15(22)18-17(2,3)4)24-16-20-19-14(21(16)5)12-9-7-8-10-13(12)23-6/h7-11H,1-6H3,(H,18,22)/t11-/m0/s1. The Morgan fingerprint density at radius 1 is 1.29 bits per heavy atom. The summed E-state index contributed by atoms with van der Waals surface area (Å²) in [4.78, 5) is 12.2. The second kappa shape index (κ2) is 7.25. The fraction of sp³-hybridized carbons (Fsp3) is 0.471. The van der Waals surface area contributed by atoms with Crippen molar-refractivity contribution in [2.24, 2.45) is 7.05 Å². The predicted molar refractivity (Wildman–Crippen MR) is 96.2 cm³/mol. The Morgan fingerprint density at radius 2 is 1.96 bits per heavy atom. The van der Waals surface area contributed by atoms with Crippen molar-refractivity contribution in [3.8, 4) is 17.1 Å². The first kappa shape index (κ1) is 18.3. The molecule has 0 bridgehead atoms. The van der Waals surface area contributed by atoms with Crippen molar-refractivity contribution in [2.75, 3.05) is 7.11 Å². The van der Waals surface area contributed by atoms with Crippen LogP contribution in [0.5, 0.6) is 5.75 Å². The van der Waals surface area contributed by atoms with E-state index >= 15 is 0 Å². The van der Waals surface area contributed by atoms with Crippen LogP contribution in [0.4, 0.5) is 0 Å². The molecule has 2 aromatic rings. The zero-order valence-corrected chi connectivity index (χ0v) is 15.8. The molecule has 0 radical (unpaired) electrons.